The van der Waals surface area contributed by atoms with Crippen molar-refractivity contribution in [3.63, 3.8) is 0 Å². The number of carbonyl (C=O) groups is 2. The molecule has 6 heteroatoms. The average molecular weight is 300 g/mol. The van der Waals surface area contributed by atoms with Crippen LogP contribution in [0.4, 0.5) is 0 Å². The van der Waals surface area contributed by atoms with Crippen LogP contribution in [0, 0.1) is 5.92 Å². The Balaban J connectivity index is 0.000000677. The minimum absolute atomic E-state index is 0.239. The Morgan fingerprint density at radius 1 is 1.38 bits per heavy atom. The molecule has 1 N–H and O–H groups in total. The molecule has 1 amide bonds. The van der Waals surface area contributed by atoms with E-state index in [1.54, 1.807) is 0 Å². The summed E-state index contributed by atoms with van der Waals surface area (Å²) in [7, 11) is 4.10. The maximum absolute atomic E-state index is 12.4. The van der Waals surface area contributed by atoms with E-state index in [-0.39, 0.29) is 12.5 Å². The van der Waals surface area contributed by atoms with Crippen LogP contribution in [0.2, 0.25) is 0 Å². The smallest absolute Gasteiger partial charge is 0.290 e. The highest BCUT2D eigenvalue weighted by Gasteiger charge is 2.29. The van der Waals surface area contributed by atoms with Crippen LogP contribution in [-0.2, 0) is 14.3 Å². The molecule has 2 aliphatic rings. The predicted octanol–water partition coefficient (Wildman–Crippen LogP) is 1.06. The lowest BCUT2D eigenvalue weighted by Gasteiger charge is -2.37. The number of hydrogen-bond donors (Lipinski definition) is 1. The first-order chi connectivity index (χ1) is 10.1. The summed E-state index contributed by atoms with van der Waals surface area (Å²) in [5, 5.41) is 6.89. The fourth-order valence-corrected chi connectivity index (χ4v) is 3.13. The molecular weight excluding hydrogens is 272 g/mol. The summed E-state index contributed by atoms with van der Waals surface area (Å²) in [5.74, 6) is 0.984. The molecule has 2 fully saturated rings. The van der Waals surface area contributed by atoms with E-state index < -0.39 is 0 Å². The van der Waals surface area contributed by atoms with Gasteiger partial charge in [-0.05, 0) is 32.9 Å². The first-order valence-corrected chi connectivity index (χ1v) is 7.68. The second-order valence-electron chi connectivity index (χ2n) is 6.04. The van der Waals surface area contributed by atoms with E-state index in [4.69, 9.17) is 14.6 Å². The molecule has 0 aromatic rings. The zero-order chi connectivity index (χ0) is 15.7. The van der Waals surface area contributed by atoms with E-state index in [0.717, 1.165) is 19.5 Å². The minimum Gasteiger partial charge on any atom is -0.483 e. The molecule has 21 heavy (non-hydrogen) atoms. The van der Waals surface area contributed by atoms with Crippen LogP contribution in [0.15, 0.2) is 0 Å². The van der Waals surface area contributed by atoms with Crippen LogP contribution in [0.1, 0.15) is 32.1 Å². The molecule has 122 valence electrons. The molecule has 1 atom stereocenters. The van der Waals surface area contributed by atoms with Crippen molar-refractivity contribution in [3.05, 3.63) is 0 Å². The highest BCUT2D eigenvalue weighted by Crippen LogP contribution is 2.28. The van der Waals surface area contributed by atoms with Crippen molar-refractivity contribution in [2.24, 2.45) is 5.92 Å². The first kappa shape index (κ1) is 17.9. The van der Waals surface area contributed by atoms with Crippen LogP contribution in [0.25, 0.3) is 0 Å². The topological polar surface area (TPSA) is 70.1 Å². The molecule has 1 saturated carbocycles. The standard InChI is InChI=1S/C14H26N2O2.CH2O2/c1-15(2)10-13-11-18-8-7-16(13)14(17)9-12-5-3-4-6-12;2-1-3/h12-13H,3-11H2,1-2H3;1H,(H,2,3). The van der Waals surface area contributed by atoms with E-state index in [9.17, 15) is 4.79 Å². The lowest BCUT2D eigenvalue weighted by Crippen LogP contribution is -2.52. The van der Waals surface area contributed by atoms with Crippen molar-refractivity contribution in [1.29, 1.82) is 0 Å². The van der Waals surface area contributed by atoms with Gasteiger partial charge in [0.2, 0.25) is 5.91 Å². The number of carboxylic acid groups (broad SMARTS) is 1. The molecular formula is C15H28N2O4. The van der Waals surface area contributed by atoms with Gasteiger partial charge in [-0.2, -0.15) is 0 Å². The molecule has 0 radical (unpaired) electrons. The predicted molar refractivity (Wildman–Crippen MR) is 80.1 cm³/mol. The van der Waals surface area contributed by atoms with Gasteiger partial charge in [-0.15, -0.1) is 0 Å². The molecule has 2 rings (SSSR count). The summed E-state index contributed by atoms with van der Waals surface area (Å²) in [5.41, 5.74) is 0. The number of ether oxygens (including phenoxy) is 1. The summed E-state index contributed by atoms with van der Waals surface area (Å²) in [4.78, 5) is 25.0. The summed E-state index contributed by atoms with van der Waals surface area (Å²) in [6.45, 7) is 2.80. The number of hydrogen-bond acceptors (Lipinski definition) is 4. The molecule has 6 nitrogen and oxygen atoms in total. The monoisotopic (exact) mass is 300 g/mol. The van der Waals surface area contributed by atoms with E-state index >= 15 is 0 Å². The summed E-state index contributed by atoms with van der Waals surface area (Å²) >= 11 is 0. The third-order valence-electron chi connectivity index (χ3n) is 4.06. The Morgan fingerprint density at radius 2 is 2.00 bits per heavy atom. The van der Waals surface area contributed by atoms with Gasteiger partial charge in [0.1, 0.15) is 0 Å². The number of carbonyl (C=O) groups excluding carboxylic acids is 1. The number of rotatable bonds is 4. The summed E-state index contributed by atoms with van der Waals surface area (Å²) in [6, 6.07) is 0.239. The van der Waals surface area contributed by atoms with E-state index in [0.29, 0.717) is 25.0 Å². The van der Waals surface area contributed by atoms with Crippen LogP contribution in [0.5, 0.6) is 0 Å². The summed E-state index contributed by atoms with van der Waals surface area (Å²) in [6.07, 6.45) is 5.86. The lowest BCUT2D eigenvalue weighted by molar-refractivity contribution is -0.141. The lowest BCUT2D eigenvalue weighted by atomic mass is 10.0. The van der Waals surface area contributed by atoms with E-state index in [2.05, 4.69) is 9.80 Å². The molecule has 0 aromatic heterocycles. The number of likely N-dealkylation sites (N-methyl/N-ethyl adjacent to an activating group) is 1. The average Bonchev–Trinajstić information content (AvgIpc) is 2.92. The van der Waals surface area contributed by atoms with Crippen LogP contribution < -0.4 is 0 Å². The molecule has 1 unspecified atom stereocenters. The second-order valence-corrected chi connectivity index (χ2v) is 6.04. The molecule has 0 bridgehead atoms. The number of nitrogens with zero attached hydrogens (tertiary/aromatic N) is 2. The Kier molecular flexibility index (Phi) is 8.30. The van der Waals surface area contributed by atoms with E-state index in [1.807, 2.05) is 14.1 Å². The SMILES string of the molecule is CN(C)CC1COCCN1C(=O)CC1CCCC1.O=CO. The van der Waals surface area contributed by atoms with Gasteiger partial charge in [-0.1, -0.05) is 12.8 Å². The van der Waals surface area contributed by atoms with Gasteiger partial charge in [0.05, 0.1) is 19.3 Å². The zero-order valence-electron chi connectivity index (χ0n) is 13.2. The quantitative estimate of drug-likeness (QED) is 0.786. The zero-order valence-corrected chi connectivity index (χ0v) is 13.2. The third-order valence-corrected chi connectivity index (χ3v) is 4.06. The maximum Gasteiger partial charge on any atom is 0.290 e. The number of amides is 1. The molecule has 0 aromatic carbocycles. The Labute approximate surface area is 127 Å². The van der Waals surface area contributed by atoms with Gasteiger partial charge >= 0.3 is 0 Å². The largest absolute Gasteiger partial charge is 0.483 e. The molecule has 1 saturated heterocycles. The van der Waals surface area contributed by atoms with Gasteiger partial charge < -0.3 is 19.6 Å². The van der Waals surface area contributed by atoms with Crippen molar-refractivity contribution in [2.45, 2.75) is 38.1 Å². The van der Waals surface area contributed by atoms with E-state index in [1.165, 1.54) is 25.7 Å². The van der Waals surface area contributed by atoms with Crippen molar-refractivity contribution >= 4 is 12.4 Å². The fourth-order valence-electron chi connectivity index (χ4n) is 3.13. The van der Waals surface area contributed by atoms with Crippen LogP contribution in [-0.4, -0.2) is 73.7 Å². The third kappa shape index (κ3) is 6.44. The normalized spacial score (nSPS) is 22.8. The first-order valence-electron chi connectivity index (χ1n) is 7.68. The highest BCUT2D eigenvalue weighted by atomic mass is 16.5. The highest BCUT2D eigenvalue weighted by molar-refractivity contribution is 5.77. The molecule has 1 aliphatic heterocycles. The molecule has 1 heterocycles. The van der Waals surface area contributed by atoms with Gasteiger partial charge in [0.15, 0.2) is 0 Å². The Hall–Kier alpha value is -1.14. The summed E-state index contributed by atoms with van der Waals surface area (Å²) < 4.78 is 5.51. The van der Waals surface area contributed by atoms with Crippen LogP contribution >= 0.6 is 0 Å². The van der Waals surface area contributed by atoms with Gasteiger partial charge in [0.25, 0.3) is 6.47 Å². The van der Waals surface area contributed by atoms with Crippen molar-refractivity contribution < 1.29 is 19.4 Å². The molecule has 0 spiro atoms. The second kappa shape index (κ2) is 9.73. The minimum atomic E-state index is -0.250. The Morgan fingerprint density at radius 3 is 2.57 bits per heavy atom. The van der Waals surface area contributed by atoms with Crippen LogP contribution in [0.3, 0.4) is 0 Å². The van der Waals surface area contributed by atoms with Gasteiger partial charge in [0, 0.05) is 19.5 Å². The van der Waals surface area contributed by atoms with Crippen molar-refractivity contribution in [2.75, 3.05) is 40.4 Å². The molecule has 1 aliphatic carbocycles. The van der Waals surface area contributed by atoms with Crippen molar-refractivity contribution in [3.8, 4) is 0 Å². The number of morpholine rings is 1. The fraction of sp³-hybridized carbons (Fsp3) is 0.867. The van der Waals surface area contributed by atoms with Gasteiger partial charge in [-0.25, -0.2) is 0 Å². The van der Waals surface area contributed by atoms with Gasteiger partial charge in [-0.3, -0.25) is 9.59 Å². The van der Waals surface area contributed by atoms with Crippen molar-refractivity contribution in [1.82, 2.24) is 9.80 Å². The Bertz CT molecular complexity index is 317. The maximum atomic E-state index is 12.4.